The molecule has 0 bridgehead atoms. The molecule has 4 N–H and O–H groups in total. The minimum Gasteiger partial charge on any atom is -0.494 e. The molecule has 10 heteroatoms. The fraction of sp³-hybridized carbons (Fsp3) is 0. The van der Waals surface area contributed by atoms with Gasteiger partial charge < -0.3 is 5.11 Å². The van der Waals surface area contributed by atoms with Gasteiger partial charge in [0.1, 0.15) is 5.56 Å². The van der Waals surface area contributed by atoms with E-state index in [0.717, 1.165) is 6.21 Å². The van der Waals surface area contributed by atoms with E-state index in [1.54, 1.807) is 0 Å². The van der Waals surface area contributed by atoms with Gasteiger partial charge in [0.15, 0.2) is 0 Å². The van der Waals surface area contributed by atoms with Crippen molar-refractivity contribution in [3.8, 4) is 5.88 Å². The van der Waals surface area contributed by atoms with E-state index in [2.05, 4.69) is 10.5 Å². The zero-order valence-electron chi connectivity index (χ0n) is 10.1. The lowest BCUT2D eigenvalue weighted by molar-refractivity contribution is 0.447. The van der Waals surface area contributed by atoms with E-state index >= 15 is 0 Å². The number of aromatic amines is 2. The quantitative estimate of drug-likeness (QED) is 0.503. The number of nitrogens with zero attached hydrogens (tertiary/aromatic N) is 1. The van der Waals surface area contributed by atoms with E-state index in [1.165, 1.54) is 12.1 Å². The van der Waals surface area contributed by atoms with Gasteiger partial charge >= 0.3 is 5.69 Å². The van der Waals surface area contributed by atoms with E-state index in [4.69, 9.17) is 34.8 Å². The van der Waals surface area contributed by atoms with Crippen molar-refractivity contribution in [1.82, 2.24) is 9.97 Å². The minimum atomic E-state index is -0.827. The number of hydrazone groups is 1. The minimum absolute atomic E-state index is 0.226. The lowest BCUT2D eigenvalue weighted by atomic mass is 10.3. The molecular weight excluding hydrogens is 343 g/mol. The van der Waals surface area contributed by atoms with Crippen LogP contribution in [0.15, 0.2) is 26.8 Å². The maximum Gasteiger partial charge on any atom is 0.328 e. The van der Waals surface area contributed by atoms with Crippen molar-refractivity contribution in [3.63, 3.8) is 0 Å². The molecule has 0 unspecified atom stereocenters. The Bertz CT molecular complexity index is 805. The first kappa shape index (κ1) is 15.4. The molecule has 0 fully saturated rings. The van der Waals surface area contributed by atoms with Crippen LogP contribution in [0.25, 0.3) is 0 Å². The van der Waals surface area contributed by atoms with E-state index in [1.807, 2.05) is 9.97 Å². The van der Waals surface area contributed by atoms with Crippen molar-refractivity contribution < 1.29 is 5.11 Å². The van der Waals surface area contributed by atoms with Crippen LogP contribution in [0.4, 0.5) is 5.69 Å². The Morgan fingerprint density at radius 2 is 1.76 bits per heavy atom. The second-order valence-corrected chi connectivity index (χ2v) is 5.04. The smallest absolute Gasteiger partial charge is 0.328 e. The Hall–Kier alpha value is -1.96. The normalized spacial score (nSPS) is 11.0. The maximum absolute atomic E-state index is 11.5. The molecule has 0 aliphatic heterocycles. The maximum atomic E-state index is 11.5. The fourth-order valence-corrected chi connectivity index (χ4v) is 2.32. The summed E-state index contributed by atoms with van der Waals surface area (Å²) in [6.07, 6.45) is 1.01. The summed E-state index contributed by atoms with van der Waals surface area (Å²) >= 11 is 17.6. The first-order chi connectivity index (χ1) is 9.88. The van der Waals surface area contributed by atoms with Gasteiger partial charge in [0.25, 0.3) is 5.56 Å². The highest BCUT2D eigenvalue weighted by molar-refractivity contribution is 6.41. The number of hydrogen-bond donors (Lipinski definition) is 4. The summed E-state index contributed by atoms with van der Waals surface area (Å²) in [5, 5.41) is 14.0. The van der Waals surface area contributed by atoms with Gasteiger partial charge in [-0.15, -0.1) is 0 Å². The van der Waals surface area contributed by atoms with E-state index in [9.17, 15) is 14.7 Å². The number of benzene rings is 1. The number of H-pyrrole nitrogens is 2. The predicted octanol–water partition coefficient (Wildman–Crippen LogP) is 2.17. The highest BCUT2D eigenvalue weighted by Crippen LogP contribution is 2.33. The van der Waals surface area contributed by atoms with Crippen molar-refractivity contribution >= 4 is 46.7 Å². The molecule has 21 heavy (non-hydrogen) atoms. The molecular formula is C11H7Cl3N4O3. The van der Waals surface area contributed by atoms with Gasteiger partial charge in [-0.3, -0.25) is 20.2 Å². The summed E-state index contributed by atoms with van der Waals surface area (Å²) in [7, 11) is 0. The number of hydrogen-bond acceptors (Lipinski definition) is 5. The molecule has 0 amide bonds. The summed E-state index contributed by atoms with van der Waals surface area (Å²) in [4.78, 5) is 26.3. The lowest BCUT2D eigenvalue weighted by Gasteiger charge is -2.06. The van der Waals surface area contributed by atoms with Crippen LogP contribution in [0.5, 0.6) is 5.88 Å². The Kier molecular flexibility index (Phi) is 4.56. The number of halogens is 3. The molecule has 0 atom stereocenters. The molecule has 0 spiro atoms. The molecule has 2 aromatic rings. The standard InChI is InChI=1S/C11H7Cl3N4O3/c12-4-1-6(13)8(7(14)2-4)18-15-3-5-9(19)16-11(21)17-10(5)20/h1-3,18H,(H3,16,17,19,20,21)/b15-3-. The predicted molar refractivity (Wildman–Crippen MR) is 82.0 cm³/mol. The van der Waals surface area contributed by atoms with Gasteiger partial charge in [0, 0.05) is 5.02 Å². The summed E-state index contributed by atoms with van der Waals surface area (Å²) in [5.41, 5.74) is 0.937. The Morgan fingerprint density at radius 1 is 1.14 bits per heavy atom. The van der Waals surface area contributed by atoms with E-state index in [0.29, 0.717) is 5.02 Å². The molecule has 0 saturated carbocycles. The molecule has 1 heterocycles. The zero-order valence-corrected chi connectivity index (χ0v) is 12.3. The Labute approximate surface area is 132 Å². The summed E-state index contributed by atoms with van der Waals surface area (Å²) in [5.74, 6) is -0.609. The average Bonchev–Trinajstić information content (AvgIpc) is 2.34. The molecule has 110 valence electrons. The average molecular weight is 350 g/mol. The van der Waals surface area contributed by atoms with Crippen LogP contribution >= 0.6 is 34.8 Å². The number of anilines is 1. The van der Waals surface area contributed by atoms with Crippen molar-refractivity contribution in [2.75, 3.05) is 5.43 Å². The SMILES string of the molecule is O=c1[nH]c(O)c(/C=N\Nc2c(Cl)cc(Cl)cc2Cl)c(=O)[nH]1. The van der Waals surface area contributed by atoms with Crippen LogP contribution in [0.3, 0.4) is 0 Å². The molecule has 0 aliphatic carbocycles. The molecule has 1 aromatic carbocycles. The summed E-state index contributed by atoms with van der Waals surface area (Å²) in [6, 6.07) is 2.91. The molecule has 2 rings (SSSR count). The molecule has 0 aliphatic rings. The van der Waals surface area contributed by atoms with Gasteiger partial charge in [-0.25, -0.2) is 4.79 Å². The first-order valence-electron chi connectivity index (χ1n) is 5.37. The summed E-state index contributed by atoms with van der Waals surface area (Å²) in [6.45, 7) is 0. The van der Waals surface area contributed by atoms with Gasteiger partial charge in [0.2, 0.25) is 5.88 Å². The highest BCUT2D eigenvalue weighted by Gasteiger charge is 2.08. The van der Waals surface area contributed by atoms with Crippen LogP contribution in [0.1, 0.15) is 5.56 Å². The van der Waals surface area contributed by atoms with Gasteiger partial charge in [-0.2, -0.15) is 5.10 Å². The fourth-order valence-electron chi connectivity index (χ4n) is 1.41. The van der Waals surface area contributed by atoms with Crippen LogP contribution in [0.2, 0.25) is 15.1 Å². The number of nitrogens with one attached hydrogen (secondary N) is 3. The van der Waals surface area contributed by atoms with Gasteiger partial charge in [-0.1, -0.05) is 34.8 Å². The van der Waals surface area contributed by atoms with Crippen molar-refractivity contribution in [2.24, 2.45) is 5.10 Å². The van der Waals surface area contributed by atoms with Gasteiger partial charge in [-0.05, 0) is 12.1 Å². The summed E-state index contributed by atoms with van der Waals surface area (Å²) < 4.78 is 0. The second-order valence-electron chi connectivity index (χ2n) is 3.78. The van der Waals surface area contributed by atoms with Crippen LogP contribution < -0.4 is 16.7 Å². The third-order valence-electron chi connectivity index (χ3n) is 2.34. The van der Waals surface area contributed by atoms with E-state index < -0.39 is 17.1 Å². The number of aromatic nitrogens is 2. The Balaban J connectivity index is 2.29. The monoisotopic (exact) mass is 348 g/mol. The largest absolute Gasteiger partial charge is 0.494 e. The van der Waals surface area contributed by atoms with Crippen LogP contribution in [-0.2, 0) is 0 Å². The zero-order chi connectivity index (χ0) is 15.6. The Morgan fingerprint density at radius 3 is 2.33 bits per heavy atom. The van der Waals surface area contributed by atoms with Crippen molar-refractivity contribution in [1.29, 1.82) is 0 Å². The third-order valence-corrected chi connectivity index (χ3v) is 3.15. The third kappa shape index (κ3) is 3.57. The molecule has 0 saturated heterocycles. The molecule has 7 nitrogen and oxygen atoms in total. The van der Waals surface area contributed by atoms with Crippen molar-refractivity contribution in [2.45, 2.75) is 0 Å². The van der Waals surface area contributed by atoms with Crippen molar-refractivity contribution in [3.05, 3.63) is 53.6 Å². The molecule has 1 aromatic heterocycles. The van der Waals surface area contributed by atoms with E-state index in [-0.39, 0.29) is 21.3 Å². The lowest BCUT2D eigenvalue weighted by Crippen LogP contribution is -2.25. The van der Waals surface area contributed by atoms with Gasteiger partial charge in [0.05, 0.1) is 21.9 Å². The molecule has 0 radical (unpaired) electrons. The van der Waals surface area contributed by atoms with Crippen LogP contribution in [-0.4, -0.2) is 21.3 Å². The topological polar surface area (TPSA) is 110 Å². The first-order valence-corrected chi connectivity index (χ1v) is 6.51. The number of rotatable bonds is 3. The number of aromatic hydroxyl groups is 1. The second kappa shape index (κ2) is 6.21. The van der Waals surface area contributed by atoms with Crippen LogP contribution in [0, 0.1) is 0 Å². The highest BCUT2D eigenvalue weighted by atomic mass is 35.5.